The van der Waals surface area contributed by atoms with Crippen molar-refractivity contribution in [1.82, 2.24) is 5.32 Å². The van der Waals surface area contributed by atoms with Crippen molar-refractivity contribution in [1.29, 1.82) is 0 Å². The van der Waals surface area contributed by atoms with Crippen molar-refractivity contribution in [2.75, 3.05) is 40.9 Å². The zero-order valence-corrected chi connectivity index (χ0v) is 37.8. The van der Waals surface area contributed by atoms with Gasteiger partial charge in [0.2, 0.25) is 5.91 Å². The Hall–Kier alpha value is -1.02. The van der Waals surface area contributed by atoms with E-state index in [4.69, 9.17) is 9.05 Å². The standard InChI is InChI=1S/C46H91N2O6P/c1-6-8-10-12-14-16-18-20-22-23-24-25-26-28-30-32-34-36-38-40-46(50)47-44(43-54-55(51,52)53-42-41-48(3,4)5)45(49)39-37-35-33-31-29-27-21-19-17-15-13-11-9-7-2/h29,31,37,39,44-45,49H,6-28,30,32-36,38,40-43H2,1-5H3,(H-,47,50,51,52)/b31-29+,39-37+. The molecule has 0 rings (SSSR count). The number of rotatable bonds is 42. The van der Waals surface area contributed by atoms with Crippen LogP contribution in [0.25, 0.3) is 0 Å². The molecule has 0 bridgehead atoms. The highest BCUT2D eigenvalue weighted by molar-refractivity contribution is 7.45. The van der Waals surface area contributed by atoms with Gasteiger partial charge in [-0.25, -0.2) is 0 Å². The van der Waals surface area contributed by atoms with Gasteiger partial charge in [-0.1, -0.05) is 199 Å². The minimum absolute atomic E-state index is 0.00424. The van der Waals surface area contributed by atoms with Gasteiger partial charge >= 0.3 is 0 Å². The quantitative estimate of drug-likeness (QED) is 0.0276. The number of aliphatic hydroxyl groups is 1. The Labute approximate surface area is 341 Å². The Morgan fingerprint density at radius 1 is 0.618 bits per heavy atom. The van der Waals surface area contributed by atoms with Gasteiger partial charge in [-0.2, -0.15) is 0 Å². The predicted octanol–water partition coefficient (Wildman–Crippen LogP) is 12.3. The summed E-state index contributed by atoms with van der Waals surface area (Å²) in [6.07, 6.45) is 45.1. The molecule has 0 aromatic carbocycles. The number of aliphatic hydroxyl groups excluding tert-OH is 1. The Morgan fingerprint density at radius 2 is 1.02 bits per heavy atom. The van der Waals surface area contributed by atoms with Crippen LogP contribution in [0.3, 0.4) is 0 Å². The normalized spacial score (nSPS) is 14.5. The van der Waals surface area contributed by atoms with Crippen LogP contribution < -0.4 is 10.2 Å². The molecule has 0 aliphatic carbocycles. The van der Waals surface area contributed by atoms with Crippen LogP contribution in [-0.2, 0) is 18.4 Å². The highest BCUT2D eigenvalue weighted by Crippen LogP contribution is 2.38. The summed E-state index contributed by atoms with van der Waals surface area (Å²) in [4.78, 5) is 25.3. The van der Waals surface area contributed by atoms with Gasteiger partial charge in [-0.15, -0.1) is 0 Å². The van der Waals surface area contributed by atoms with Gasteiger partial charge < -0.3 is 28.8 Å². The number of quaternary nitrogens is 1. The summed E-state index contributed by atoms with van der Waals surface area (Å²) in [5.41, 5.74) is 0. The average Bonchev–Trinajstić information content (AvgIpc) is 3.13. The summed E-state index contributed by atoms with van der Waals surface area (Å²) >= 11 is 0. The molecule has 0 spiro atoms. The molecule has 0 saturated carbocycles. The molecule has 9 heteroatoms. The third-order valence-electron chi connectivity index (χ3n) is 10.4. The topological polar surface area (TPSA) is 108 Å². The summed E-state index contributed by atoms with van der Waals surface area (Å²) in [5, 5.41) is 13.8. The SMILES string of the molecule is CCCCCCCCCC/C=C/CC/C=C/C(O)C(COP(=O)([O-])OCC[N+](C)(C)C)NC(=O)CCCCCCCCCCCCCCCCCCCCC. The van der Waals surface area contributed by atoms with Crippen LogP contribution >= 0.6 is 7.82 Å². The number of allylic oxidation sites excluding steroid dienone is 3. The molecule has 0 aliphatic rings. The fraction of sp³-hybridized carbons (Fsp3) is 0.891. The number of nitrogens with one attached hydrogen (secondary N) is 1. The van der Waals surface area contributed by atoms with E-state index in [2.05, 4.69) is 31.3 Å². The highest BCUT2D eigenvalue weighted by atomic mass is 31.2. The zero-order valence-electron chi connectivity index (χ0n) is 36.9. The summed E-state index contributed by atoms with van der Waals surface area (Å²) < 4.78 is 23.2. The molecule has 0 fully saturated rings. The van der Waals surface area contributed by atoms with Crippen LogP contribution in [0.4, 0.5) is 0 Å². The Balaban J connectivity index is 4.37. The van der Waals surface area contributed by atoms with Crippen molar-refractivity contribution in [3.63, 3.8) is 0 Å². The minimum atomic E-state index is -4.59. The van der Waals surface area contributed by atoms with Crippen molar-refractivity contribution in [2.45, 2.75) is 225 Å². The lowest BCUT2D eigenvalue weighted by Crippen LogP contribution is -2.45. The van der Waals surface area contributed by atoms with Crippen molar-refractivity contribution in [2.24, 2.45) is 0 Å². The van der Waals surface area contributed by atoms with Gasteiger partial charge in [0.1, 0.15) is 13.2 Å². The monoisotopic (exact) mass is 799 g/mol. The largest absolute Gasteiger partial charge is 0.756 e. The molecule has 2 N–H and O–H groups in total. The summed E-state index contributed by atoms with van der Waals surface area (Å²) in [5.74, 6) is -0.205. The smallest absolute Gasteiger partial charge is 0.268 e. The Morgan fingerprint density at radius 3 is 1.47 bits per heavy atom. The molecule has 0 saturated heterocycles. The van der Waals surface area contributed by atoms with Crippen molar-refractivity contribution >= 4 is 13.7 Å². The molecule has 0 aromatic rings. The Kier molecular flexibility index (Phi) is 37.8. The molecule has 1 amide bonds. The van der Waals surface area contributed by atoms with Crippen LogP contribution in [-0.4, -0.2) is 68.5 Å². The first-order valence-corrected chi connectivity index (χ1v) is 24.7. The average molecular weight is 799 g/mol. The first-order chi connectivity index (χ1) is 26.5. The number of nitrogens with zero attached hydrogens (tertiary/aromatic N) is 1. The van der Waals surface area contributed by atoms with E-state index >= 15 is 0 Å². The van der Waals surface area contributed by atoms with Crippen LogP contribution in [0.1, 0.15) is 213 Å². The van der Waals surface area contributed by atoms with Crippen LogP contribution in [0.2, 0.25) is 0 Å². The molecule has 3 unspecified atom stereocenters. The maximum Gasteiger partial charge on any atom is 0.268 e. The van der Waals surface area contributed by atoms with E-state index in [1.165, 1.54) is 154 Å². The number of carbonyl (C=O) groups is 1. The molecule has 0 aliphatic heterocycles. The van der Waals surface area contributed by atoms with Gasteiger partial charge in [0.05, 0.1) is 39.9 Å². The second kappa shape index (κ2) is 38.5. The van der Waals surface area contributed by atoms with E-state index < -0.39 is 20.0 Å². The predicted molar refractivity (Wildman–Crippen MR) is 233 cm³/mol. The first-order valence-electron chi connectivity index (χ1n) is 23.2. The van der Waals surface area contributed by atoms with E-state index in [0.717, 1.165) is 38.5 Å². The number of phosphoric acid groups is 1. The molecular weight excluding hydrogens is 707 g/mol. The number of unbranched alkanes of at least 4 members (excludes halogenated alkanes) is 27. The second-order valence-electron chi connectivity index (χ2n) is 17.1. The fourth-order valence-electron chi connectivity index (χ4n) is 6.70. The van der Waals surface area contributed by atoms with E-state index in [0.29, 0.717) is 17.4 Å². The number of hydrogen-bond acceptors (Lipinski definition) is 6. The number of carbonyl (C=O) groups excluding carboxylic acids is 1. The lowest BCUT2D eigenvalue weighted by Gasteiger charge is -2.29. The highest BCUT2D eigenvalue weighted by Gasteiger charge is 2.23. The molecule has 8 nitrogen and oxygen atoms in total. The van der Waals surface area contributed by atoms with Gasteiger partial charge in [-0.3, -0.25) is 9.36 Å². The zero-order chi connectivity index (χ0) is 40.7. The van der Waals surface area contributed by atoms with Crippen molar-refractivity contribution in [3.05, 3.63) is 24.3 Å². The van der Waals surface area contributed by atoms with Crippen LogP contribution in [0, 0.1) is 0 Å². The Bertz CT molecular complexity index is 953. The van der Waals surface area contributed by atoms with E-state index in [1.807, 2.05) is 27.2 Å². The summed E-state index contributed by atoms with van der Waals surface area (Å²) in [6, 6.07) is -0.897. The van der Waals surface area contributed by atoms with Crippen LogP contribution in [0.5, 0.6) is 0 Å². The molecule has 326 valence electrons. The number of hydrogen-bond donors (Lipinski definition) is 2. The maximum absolute atomic E-state index is 12.9. The number of amides is 1. The summed E-state index contributed by atoms with van der Waals surface area (Å²) in [6.45, 7) is 4.63. The van der Waals surface area contributed by atoms with E-state index in [-0.39, 0.29) is 19.1 Å². The molecule has 0 radical (unpaired) electrons. The van der Waals surface area contributed by atoms with Crippen molar-refractivity contribution < 1.29 is 32.9 Å². The number of likely N-dealkylation sites (N-methyl/N-ethyl adjacent to an activating group) is 1. The maximum atomic E-state index is 12.9. The second-order valence-corrected chi connectivity index (χ2v) is 18.5. The van der Waals surface area contributed by atoms with Gasteiger partial charge in [0.15, 0.2) is 0 Å². The third-order valence-corrected chi connectivity index (χ3v) is 11.4. The van der Waals surface area contributed by atoms with Gasteiger partial charge in [-0.05, 0) is 32.1 Å². The first kappa shape index (κ1) is 54.0. The number of phosphoric ester groups is 1. The van der Waals surface area contributed by atoms with Gasteiger partial charge in [0.25, 0.3) is 7.82 Å². The lowest BCUT2D eigenvalue weighted by molar-refractivity contribution is -0.870. The van der Waals surface area contributed by atoms with E-state index in [9.17, 15) is 19.4 Å². The molecule has 55 heavy (non-hydrogen) atoms. The van der Waals surface area contributed by atoms with E-state index in [1.54, 1.807) is 6.08 Å². The van der Waals surface area contributed by atoms with Crippen molar-refractivity contribution in [3.8, 4) is 0 Å². The third kappa shape index (κ3) is 41.0. The lowest BCUT2D eigenvalue weighted by atomic mass is 10.0. The summed E-state index contributed by atoms with van der Waals surface area (Å²) in [7, 11) is 1.25. The van der Waals surface area contributed by atoms with Gasteiger partial charge in [0, 0.05) is 6.42 Å². The molecular formula is C46H91N2O6P. The fourth-order valence-corrected chi connectivity index (χ4v) is 7.42. The minimum Gasteiger partial charge on any atom is -0.756 e. The molecule has 3 atom stereocenters. The molecule has 0 aromatic heterocycles. The van der Waals surface area contributed by atoms with Crippen LogP contribution in [0.15, 0.2) is 24.3 Å². The molecule has 0 heterocycles.